The first-order valence-corrected chi connectivity index (χ1v) is 7.43. The fraction of sp³-hybridized carbons (Fsp3) is 0.235. The second kappa shape index (κ2) is 4.38. The van der Waals surface area contributed by atoms with Gasteiger partial charge in [0.05, 0.1) is 0 Å². The molecule has 0 radical (unpaired) electrons. The number of thiol groups is 1. The number of carbonyl (C=O) groups is 1. The Morgan fingerprint density at radius 2 is 1.85 bits per heavy atom. The third kappa shape index (κ3) is 1.77. The highest BCUT2D eigenvalue weighted by atomic mass is 32.1. The van der Waals surface area contributed by atoms with Gasteiger partial charge in [0.15, 0.2) is 0 Å². The first-order chi connectivity index (χ1) is 9.72. The zero-order valence-electron chi connectivity index (χ0n) is 11.0. The molecule has 0 bridgehead atoms. The van der Waals surface area contributed by atoms with E-state index in [9.17, 15) is 4.79 Å². The van der Waals surface area contributed by atoms with E-state index < -0.39 is 0 Å². The van der Waals surface area contributed by atoms with Crippen molar-refractivity contribution < 1.29 is 4.79 Å². The van der Waals surface area contributed by atoms with E-state index in [2.05, 4.69) is 55.1 Å². The van der Waals surface area contributed by atoms with Gasteiger partial charge in [-0.2, -0.15) is 12.6 Å². The number of benzene rings is 2. The third-order valence-corrected chi connectivity index (χ3v) is 4.54. The molecule has 3 heteroatoms. The van der Waals surface area contributed by atoms with E-state index >= 15 is 0 Å². The maximum Gasteiger partial charge on any atom is 0.228 e. The lowest BCUT2D eigenvalue weighted by Gasteiger charge is -2.17. The molecule has 1 heterocycles. The topological polar surface area (TPSA) is 20.3 Å². The molecule has 0 aromatic heterocycles. The van der Waals surface area contributed by atoms with Crippen molar-refractivity contribution in [2.75, 3.05) is 11.4 Å². The highest BCUT2D eigenvalue weighted by Gasteiger charge is 2.29. The molecular formula is C17H15NOS. The molecule has 0 spiro atoms. The van der Waals surface area contributed by atoms with Crippen molar-refractivity contribution in [3.05, 3.63) is 53.6 Å². The van der Waals surface area contributed by atoms with Crippen LogP contribution in [0.25, 0.3) is 11.1 Å². The molecule has 2 aliphatic rings. The van der Waals surface area contributed by atoms with E-state index in [0.717, 1.165) is 12.1 Å². The van der Waals surface area contributed by atoms with Crippen LogP contribution in [0.5, 0.6) is 0 Å². The normalized spacial score (nSPS) is 20.1. The first kappa shape index (κ1) is 12.0. The SMILES string of the molecule is O=C1CC(S)CN1c1ccc2c(c1)Cc1ccccc1-2. The minimum Gasteiger partial charge on any atom is -0.311 e. The molecule has 1 fully saturated rings. The Morgan fingerprint density at radius 1 is 1.05 bits per heavy atom. The summed E-state index contributed by atoms with van der Waals surface area (Å²) in [6.45, 7) is 0.716. The molecule has 2 aromatic carbocycles. The van der Waals surface area contributed by atoms with Crippen molar-refractivity contribution in [3.63, 3.8) is 0 Å². The van der Waals surface area contributed by atoms with Gasteiger partial charge in [-0.25, -0.2) is 0 Å². The lowest BCUT2D eigenvalue weighted by molar-refractivity contribution is -0.117. The van der Waals surface area contributed by atoms with Gasteiger partial charge in [0.1, 0.15) is 0 Å². The summed E-state index contributed by atoms with van der Waals surface area (Å²) in [5.74, 6) is 0.181. The van der Waals surface area contributed by atoms with Crippen molar-refractivity contribution >= 4 is 24.2 Å². The van der Waals surface area contributed by atoms with Gasteiger partial charge in [-0.15, -0.1) is 0 Å². The number of hydrogen-bond donors (Lipinski definition) is 1. The van der Waals surface area contributed by atoms with E-state index in [0.29, 0.717) is 13.0 Å². The summed E-state index contributed by atoms with van der Waals surface area (Å²) in [6, 6.07) is 14.9. The molecule has 1 saturated heterocycles. The Balaban J connectivity index is 1.74. The smallest absolute Gasteiger partial charge is 0.228 e. The maximum atomic E-state index is 12.0. The van der Waals surface area contributed by atoms with Crippen LogP contribution in [-0.2, 0) is 11.2 Å². The third-order valence-electron chi connectivity index (χ3n) is 4.19. The fourth-order valence-electron chi connectivity index (χ4n) is 3.24. The van der Waals surface area contributed by atoms with E-state index in [-0.39, 0.29) is 11.2 Å². The molecule has 2 nitrogen and oxygen atoms in total. The lowest BCUT2D eigenvalue weighted by atomic mass is 10.1. The molecule has 20 heavy (non-hydrogen) atoms. The molecule has 4 rings (SSSR count). The summed E-state index contributed by atoms with van der Waals surface area (Å²) >= 11 is 4.42. The molecule has 2 aromatic rings. The molecule has 1 aliphatic heterocycles. The molecule has 0 saturated carbocycles. The average molecular weight is 281 g/mol. The molecule has 0 N–H and O–H groups in total. The summed E-state index contributed by atoms with van der Waals surface area (Å²) in [7, 11) is 0. The van der Waals surface area contributed by atoms with Crippen LogP contribution < -0.4 is 4.90 Å². The highest BCUT2D eigenvalue weighted by molar-refractivity contribution is 7.81. The Labute approximate surface area is 123 Å². The van der Waals surface area contributed by atoms with Crippen molar-refractivity contribution in [3.8, 4) is 11.1 Å². The molecule has 100 valence electrons. The Hall–Kier alpha value is -1.74. The zero-order chi connectivity index (χ0) is 13.7. The second-order valence-electron chi connectivity index (χ2n) is 5.54. The molecule has 1 aliphatic carbocycles. The highest BCUT2D eigenvalue weighted by Crippen LogP contribution is 2.38. The van der Waals surface area contributed by atoms with Crippen LogP contribution in [0.1, 0.15) is 17.5 Å². The number of carbonyl (C=O) groups excluding carboxylic acids is 1. The minimum absolute atomic E-state index is 0.160. The summed E-state index contributed by atoms with van der Waals surface area (Å²) < 4.78 is 0. The standard InChI is InChI=1S/C17H15NOS/c19-17-9-14(20)10-18(17)13-5-6-16-12(8-13)7-11-3-1-2-4-15(11)16/h1-6,8,14,20H,7,9-10H2. The number of rotatable bonds is 1. The zero-order valence-corrected chi connectivity index (χ0v) is 11.9. The number of amides is 1. The van der Waals surface area contributed by atoms with Crippen LogP contribution in [0, 0.1) is 0 Å². The van der Waals surface area contributed by atoms with Gasteiger partial charge < -0.3 is 4.90 Å². The van der Waals surface area contributed by atoms with E-state index in [4.69, 9.17) is 0 Å². The second-order valence-corrected chi connectivity index (χ2v) is 6.27. The van der Waals surface area contributed by atoms with Gasteiger partial charge in [0.25, 0.3) is 0 Å². The van der Waals surface area contributed by atoms with E-state index in [1.165, 1.54) is 22.3 Å². The molecule has 1 atom stereocenters. The van der Waals surface area contributed by atoms with Gasteiger partial charge in [0, 0.05) is 23.9 Å². The Bertz CT molecular complexity index is 710. The van der Waals surface area contributed by atoms with Crippen molar-refractivity contribution in [2.24, 2.45) is 0 Å². The quantitative estimate of drug-likeness (QED) is 0.679. The van der Waals surface area contributed by atoms with Gasteiger partial charge in [-0.3, -0.25) is 4.79 Å². The Kier molecular flexibility index (Phi) is 2.64. The van der Waals surface area contributed by atoms with Crippen LogP contribution in [0.2, 0.25) is 0 Å². The van der Waals surface area contributed by atoms with E-state index in [1.54, 1.807) is 0 Å². The van der Waals surface area contributed by atoms with Crippen LogP contribution in [0.3, 0.4) is 0 Å². The molecule has 1 unspecified atom stereocenters. The Morgan fingerprint density at radius 3 is 2.65 bits per heavy atom. The van der Waals surface area contributed by atoms with Crippen LogP contribution in [-0.4, -0.2) is 17.7 Å². The van der Waals surface area contributed by atoms with Crippen molar-refractivity contribution in [2.45, 2.75) is 18.1 Å². The van der Waals surface area contributed by atoms with Gasteiger partial charge >= 0.3 is 0 Å². The predicted octanol–water partition coefficient (Wildman–Crippen LogP) is 3.29. The van der Waals surface area contributed by atoms with Gasteiger partial charge in [-0.05, 0) is 40.8 Å². The largest absolute Gasteiger partial charge is 0.311 e. The van der Waals surface area contributed by atoms with E-state index in [1.807, 2.05) is 4.90 Å². The summed E-state index contributed by atoms with van der Waals surface area (Å²) in [6.07, 6.45) is 1.51. The van der Waals surface area contributed by atoms with Crippen LogP contribution >= 0.6 is 12.6 Å². The summed E-state index contributed by atoms with van der Waals surface area (Å²) in [5, 5.41) is 0.160. The monoisotopic (exact) mass is 281 g/mol. The first-order valence-electron chi connectivity index (χ1n) is 6.92. The van der Waals surface area contributed by atoms with Crippen LogP contribution in [0.15, 0.2) is 42.5 Å². The number of hydrogen-bond acceptors (Lipinski definition) is 2. The lowest BCUT2D eigenvalue weighted by Crippen LogP contribution is -2.24. The van der Waals surface area contributed by atoms with Crippen LogP contribution in [0.4, 0.5) is 5.69 Å². The van der Waals surface area contributed by atoms with Crippen molar-refractivity contribution in [1.82, 2.24) is 0 Å². The minimum atomic E-state index is 0.160. The number of anilines is 1. The summed E-state index contributed by atoms with van der Waals surface area (Å²) in [4.78, 5) is 13.8. The van der Waals surface area contributed by atoms with Gasteiger partial charge in [-0.1, -0.05) is 30.3 Å². The fourth-order valence-corrected chi connectivity index (χ4v) is 3.56. The van der Waals surface area contributed by atoms with Gasteiger partial charge in [0.2, 0.25) is 5.91 Å². The van der Waals surface area contributed by atoms with Crippen molar-refractivity contribution in [1.29, 1.82) is 0 Å². The molecule has 1 amide bonds. The number of fused-ring (bicyclic) bond motifs is 3. The average Bonchev–Trinajstić information content (AvgIpc) is 2.97. The molecular weight excluding hydrogens is 266 g/mol. The number of nitrogens with zero attached hydrogens (tertiary/aromatic N) is 1. The maximum absolute atomic E-state index is 12.0. The summed E-state index contributed by atoms with van der Waals surface area (Å²) in [5.41, 5.74) is 6.34. The predicted molar refractivity (Wildman–Crippen MR) is 84.4 cm³/mol.